The smallest absolute Gasteiger partial charge is 0.305 e. The topological polar surface area (TPSA) is 90.7 Å². The van der Waals surface area contributed by atoms with Crippen LogP contribution >= 0.6 is 0 Å². The van der Waals surface area contributed by atoms with Crippen molar-refractivity contribution in [2.45, 2.75) is 51.7 Å². The molecule has 3 aromatic rings. The van der Waals surface area contributed by atoms with Gasteiger partial charge in [-0.25, -0.2) is 4.39 Å². The summed E-state index contributed by atoms with van der Waals surface area (Å²) in [6.07, 6.45) is 0.585. The van der Waals surface area contributed by atoms with Crippen LogP contribution in [0.25, 0.3) is 28.5 Å². The summed E-state index contributed by atoms with van der Waals surface area (Å²) in [7, 11) is 0. The summed E-state index contributed by atoms with van der Waals surface area (Å²) in [5, 5.41) is 29.1. The van der Waals surface area contributed by atoms with Gasteiger partial charge in [-0.2, -0.15) is 0 Å². The fourth-order valence-corrected chi connectivity index (χ4v) is 4.04. The molecule has 5 nitrogen and oxygen atoms in total. The zero-order valence-electron chi connectivity index (χ0n) is 19.6. The number of nitrogens with zero attached hydrogens (tertiary/aromatic N) is 1. The molecule has 0 saturated carbocycles. The monoisotopic (exact) mass is 463 g/mol. The van der Waals surface area contributed by atoms with E-state index >= 15 is 0 Å². The van der Waals surface area contributed by atoms with Crippen molar-refractivity contribution in [3.8, 4) is 22.4 Å². The molecule has 0 bridgehead atoms. The van der Waals surface area contributed by atoms with Crippen molar-refractivity contribution in [3.63, 3.8) is 0 Å². The van der Waals surface area contributed by atoms with Gasteiger partial charge in [0.25, 0.3) is 0 Å². The molecule has 1 aromatic heterocycles. The van der Waals surface area contributed by atoms with E-state index < -0.39 is 24.6 Å². The van der Waals surface area contributed by atoms with Gasteiger partial charge >= 0.3 is 5.97 Å². The van der Waals surface area contributed by atoms with E-state index in [1.54, 1.807) is 24.3 Å². The molecule has 3 N–H and O–H groups in total. The van der Waals surface area contributed by atoms with Crippen LogP contribution in [0.15, 0.2) is 60.7 Å². The SMILES string of the molecule is Cc1c(-c2ccccc2)nc(C(C)C)c(C=C[C@@H](O)C[C@@H](O)CC(=O)O)c1-c1ccc(F)cc1. The van der Waals surface area contributed by atoms with Crippen molar-refractivity contribution < 1.29 is 24.5 Å². The minimum atomic E-state index is -1.15. The van der Waals surface area contributed by atoms with Crippen molar-refractivity contribution in [1.29, 1.82) is 0 Å². The minimum absolute atomic E-state index is 0.0525. The lowest BCUT2D eigenvalue weighted by atomic mass is 9.88. The van der Waals surface area contributed by atoms with Crippen LogP contribution in [0.5, 0.6) is 0 Å². The first-order chi connectivity index (χ1) is 16.2. The summed E-state index contributed by atoms with van der Waals surface area (Å²) < 4.78 is 13.7. The first-order valence-electron chi connectivity index (χ1n) is 11.3. The number of hydrogen-bond donors (Lipinski definition) is 3. The molecule has 0 fully saturated rings. The Labute approximate surface area is 199 Å². The van der Waals surface area contributed by atoms with Gasteiger partial charge in [0, 0.05) is 17.5 Å². The normalized spacial score (nSPS) is 13.4. The average Bonchev–Trinajstić information content (AvgIpc) is 2.78. The highest BCUT2D eigenvalue weighted by atomic mass is 19.1. The van der Waals surface area contributed by atoms with Crippen LogP contribution in [0.2, 0.25) is 0 Å². The second-order valence-corrected chi connectivity index (χ2v) is 8.70. The Morgan fingerprint density at radius 2 is 1.68 bits per heavy atom. The average molecular weight is 464 g/mol. The summed E-state index contributed by atoms with van der Waals surface area (Å²) in [4.78, 5) is 15.8. The Hall–Kier alpha value is -3.35. The number of carboxylic acid groups (broad SMARTS) is 1. The van der Waals surface area contributed by atoms with Crippen molar-refractivity contribution >= 4 is 12.0 Å². The number of pyridine rings is 1. The van der Waals surface area contributed by atoms with Crippen LogP contribution < -0.4 is 0 Å². The zero-order valence-corrected chi connectivity index (χ0v) is 19.6. The quantitative estimate of drug-likeness (QED) is 0.385. The Morgan fingerprint density at radius 3 is 2.26 bits per heavy atom. The maximum absolute atomic E-state index is 13.7. The largest absolute Gasteiger partial charge is 0.481 e. The highest BCUT2D eigenvalue weighted by Crippen LogP contribution is 2.38. The highest BCUT2D eigenvalue weighted by Gasteiger charge is 2.20. The number of aliphatic hydroxyl groups is 2. The van der Waals surface area contributed by atoms with E-state index in [1.165, 1.54) is 12.1 Å². The van der Waals surface area contributed by atoms with Gasteiger partial charge in [0.2, 0.25) is 0 Å². The minimum Gasteiger partial charge on any atom is -0.481 e. The molecular weight excluding hydrogens is 433 g/mol. The lowest BCUT2D eigenvalue weighted by Crippen LogP contribution is -2.19. The molecule has 0 spiro atoms. The second kappa shape index (κ2) is 11.2. The van der Waals surface area contributed by atoms with Gasteiger partial charge in [0.15, 0.2) is 0 Å². The number of benzene rings is 2. The molecule has 0 aliphatic rings. The molecule has 6 heteroatoms. The summed E-state index contributed by atoms with van der Waals surface area (Å²) >= 11 is 0. The third-order valence-corrected chi connectivity index (χ3v) is 5.64. The van der Waals surface area contributed by atoms with E-state index in [0.29, 0.717) is 0 Å². The van der Waals surface area contributed by atoms with Crippen LogP contribution in [-0.4, -0.2) is 38.5 Å². The lowest BCUT2D eigenvalue weighted by molar-refractivity contribution is -0.139. The summed E-state index contributed by atoms with van der Waals surface area (Å²) in [5.74, 6) is -1.40. The van der Waals surface area contributed by atoms with Crippen LogP contribution in [0.1, 0.15) is 49.4 Å². The molecule has 178 valence electrons. The number of aliphatic carboxylic acids is 1. The molecule has 0 amide bonds. The summed E-state index contributed by atoms with van der Waals surface area (Å²) in [6, 6.07) is 16.1. The molecule has 34 heavy (non-hydrogen) atoms. The molecule has 0 radical (unpaired) electrons. The summed E-state index contributed by atoms with van der Waals surface area (Å²) in [6.45, 7) is 6.04. The lowest BCUT2D eigenvalue weighted by Gasteiger charge is -2.21. The highest BCUT2D eigenvalue weighted by molar-refractivity contribution is 5.84. The maximum atomic E-state index is 13.7. The third kappa shape index (κ3) is 6.16. The van der Waals surface area contributed by atoms with Crippen LogP contribution in [0, 0.1) is 12.7 Å². The van der Waals surface area contributed by atoms with E-state index in [-0.39, 0.29) is 18.2 Å². The predicted molar refractivity (Wildman–Crippen MR) is 132 cm³/mol. The first-order valence-corrected chi connectivity index (χ1v) is 11.3. The van der Waals surface area contributed by atoms with Crippen molar-refractivity contribution in [2.75, 3.05) is 0 Å². The number of aromatic nitrogens is 1. The number of carboxylic acids is 1. The fourth-order valence-electron chi connectivity index (χ4n) is 4.04. The van der Waals surface area contributed by atoms with Crippen LogP contribution in [0.3, 0.4) is 0 Å². The van der Waals surface area contributed by atoms with Gasteiger partial charge in [-0.3, -0.25) is 9.78 Å². The summed E-state index contributed by atoms with van der Waals surface area (Å²) in [5.41, 5.74) is 6.04. The molecule has 2 atom stereocenters. The molecule has 0 unspecified atom stereocenters. The molecule has 0 saturated heterocycles. The number of rotatable bonds is 9. The number of hydrogen-bond acceptors (Lipinski definition) is 4. The van der Waals surface area contributed by atoms with Gasteiger partial charge < -0.3 is 15.3 Å². The number of aliphatic hydroxyl groups excluding tert-OH is 2. The maximum Gasteiger partial charge on any atom is 0.305 e. The Balaban J connectivity index is 2.16. The molecule has 2 aromatic carbocycles. The van der Waals surface area contributed by atoms with Gasteiger partial charge in [0.05, 0.1) is 30.0 Å². The van der Waals surface area contributed by atoms with Crippen molar-refractivity contribution in [3.05, 3.63) is 83.3 Å². The second-order valence-electron chi connectivity index (χ2n) is 8.70. The standard InChI is InChI=1S/C28H30FNO4/c1-17(2)27-24(14-13-22(31)15-23(32)16-25(33)34)26(19-9-11-21(29)12-10-19)18(3)28(30-27)20-7-5-4-6-8-20/h4-14,17,22-23,31-32H,15-16H2,1-3H3,(H,33,34)/t22-,23-/m1/s1. The van der Waals surface area contributed by atoms with Crippen LogP contribution in [0.4, 0.5) is 4.39 Å². The van der Waals surface area contributed by atoms with Gasteiger partial charge in [-0.05, 0) is 41.7 Å². The van der Waals surface area contributed by atoms with Crippen molar-refractivity contribution in [2.24, 2.45) is 0 Å². The number of carbonyl (C=O) groups is 1. The van der Waals surface area contributed by atoms with Gasteiger partial charge in [-0.15, -0.1) is 0 Å². The van der Waals surface area contributed by atoms with E-state index in [2.05, 4.69) is 0 Å². The number of halogens is 1. The third-order valence-electron chi connectivity index (χ3n) is 5.64. The molecule has 3 rings (SSSR count). The Bertz CT molecular complexity index is 1160. The van der Waals surface area contributed by atoms with E-state index in [4.69, 9.17) is 10.1 Å². The Morgan fingerprint density at radius 1 is 1.03 bits per heavy atom. The van der Waals surface area contributed by atoms with Crippen LogP contribution in [-0.2, 0) is 4.79 Å². The molecular formula is C28H30FNO4. The van der Waals surface area contributed by atoms with E-state index in [9.17, 15) is 19.4 Å². The van der Waals surface area contributed by atoms with Gasteiger partial charge in [-0.1, -0.05) is 68.5 Å². The predicted octanol–water partition coefficient (Wildman–Crippen LogP) is 5.59. The van der Waals surface area contributed by atoms with E-state index in [1.807, 2.05) is 51.1 Å². The molecule has 1 heterocycles. The Kier molecular flexibility index (Phi) is 8.31. The zero-order chi connectivity index (χ0) is 24.8. The molecule has 0 aliphatic carbocycles. The fraction of sp³-hybridized carbons (Fsp3) is 0.286. The van der Waals surface area contributed by atoms with Gasteiger partial charge in [0.1, 0.15) is 5.82 Å². The van der Waals surface area contributed by atoms with E-state index in [0.717, 1.165) is 39.2 Å². The van der Waals surface area contributed by atoms with Crippen molar-refractivity contribution in [1.82, 2.24) is 4.98 Å². The first kappa shape index (κ1) is 25.3. The molecule has 0 aliphatic heterocycles.